The molecule has 1 unspecified atom stereocenters. The van der Waals surface area contributed by atoms with Crippen LogP contribution in [0.25, 0.3) is 0 Å². The lowest BCUT2D eigenvalue weighted by atomic mass is 10.1. The summed E-state index contributed by atoms with van der Waals surface area (Å²) in [4.78, 5) is 11.4. The molecule has 0 heterocycles. The Morgan fingerprint density at radius 2 is 2.00 bits per heavy atom. The SMILES string of the molecule is CCC(=O)c1ccc(NC(C)C2CC2)cc1. The van der Waals surface area contributed by atoms with E-state index in [4.69, 9.17) is 0 Å². The van der Waals surface area contributed by atoms with Crippen LogP contribution in [0.4, 0.5) is 5.69 Å². The van der Waals surface area contributed by atoms with Gasteiger partial charge in [0.25, 0.3) is 0 Å². The number of ketones is 1. The number of carbonyl (C=O) groups excluding carboxylic acids is 1. The molecular weight excluding hydrogens is 198 g/mol. The van der Waals surface area contributed by atoms with Gasteiger partial charge in [-0.15, -0.1) is 0 Å². The first-order valence-corrected chi connectivity index (χ1v) is 6.10. The van der Waals surface area contributed by atoms with Gasteiger partial charge in [-0.25, -0.2) is 0 Å². The molecule has 0 aromatic heterocycles. The lowest BCUT2D eigenvalue weighted by molar-refractivity contribution is 0.0988. The number of benzene rings is 1. The second kappa shape index (κ2) is 4.69. The number of Topliss-reactive ketones (excluding diaryl/α,β-unsaturated/α-hetero) is 1. The van der Waals surface area contributed by atoms with Gasteiger partial charge in [0.2, 0.25) is 0 Å². The minimum absolute atomic E-state index is 0.210. The molecule has 2 nitrogen and oxygen atoms in total. The first kappa shape index (κ1) is 11.2. The first-order chi connectivity index (χ1) is 7.70. The van der Waals surface area contributed by atoms with Crippen molar-refractivity contribution in [2.24, 2.45) is 5.92 Å². The fraction of sp³-hybridized carbons (Fsp3) is 0.500. The summed E-state index contributed by atoms with van der Waals surface area (Å²) in [6.07, 6.45) is 3.27. The van der Waals surface area contributed by atoms with Gasteiger partial charge in [-0.2, -0.15) is 0 Å². The van der Waals surface area contributed by atoms with Crippen LogP contribution in [-0.2, 0) is 0 Å². The zero-order valence-corrected chi connectivity index (χ0v) is 9.99. The number of anilines is 1. The summed E-state index contributed by atoms with van der Waals surface area (Å²) < 4.78 is 0. The van der Waals surface area contributed by atoms with E-state index in [0.717, 1.165) is 17.2 Å². The molecule has 1 saturated carbocycles. The Labute approximate surface area is 97.1 Å². The highest BCUT2D eigenvalue weighted by Gasteiger charge is 2.27. The summed E-state index contributed by atoms with van der Waals surface area (Å²) in [5, 5.41) is 3.48. The first-order valence-electron chi connectivity index (χ1n) is 6.10. The van der Waals surface area contributed by atoms with Gasteiger partial charge in [0.05, 0.1) is 0 Å². The van der Waals surface area contributed by atoms with Crippen LogP contribution in [0.15, 0.2) is 24.3 Å². The van der Waals surface area contributed by atoms with Gasteiger partial charge in [-0.3, -0.25) is 4.79 Å². The zero-order valence-electron chi connectivity index (χ0n) is 9.99. The van der Waals surface area contributed by atoms with Gasteiger partial charge in [-0.1, -0.05) is 6.92 Å². The second-order valence-electron chi connectivity index (χ2n) is 4.62. The van der Waals surface area contributed by atoms with Crippen LogP contribution in [0.5, 0.6) is 0 Å². The molecule has 0 aliphatic heterocycles. The summed E-state index contributed by atoms with van der Waals surface area (Å²) in [7, 11) is 0. The molecule has 2 rings (SSSR count). The van der Waals surface area contributed by atoms with Crippen LogP contribution in [0.3, 0.4) is 0 Å². The van der Waals surface area contributed by atoms with Crippen molar-refractivity contribution >= 4 is 11.5 Å². The zero-order chi connectivity index (χ0) is 11.5. The van der Waals surface area contributed by atoms with Crippen LogP contribution in [-0.4, -0.2) is 11.8 Å². The van der Waals surface area contributed by atoms with Crippen LogP contribution < -0.4 is 5.32 Å². The number of hydrogen-bond donors (Lipinski definition) is 1. The van der Waals surface area contributed by atoms with Gasteiger partial charge in [0.15, 0.2) is 5.78 Å². The average molecular weight is 217 g/mol. The van der Waals surface area contributed by atoms with E-state index in [1.807, 2.05) is 31.2 Å². The molecule has 1 aliphatic carbocycles. The van der Waals surface area contributed by atoms with Crippen molar-refractivity contribution < 1.29 is 4.79 Å². The Morgan fingerprint density at radius 1 is 1.38 bits per heavy atom. The van der Waals surface area contributed by atoms with Gasteiger partial charge >= 0.3 is 0 Å². The van der Waals surface area contributed by atoms with Crippen molar-refractivity contribution in [3.63, 3.8) is 0 Å². The maximum Gasteiger partial charge on any atom is 0.162 e. The Balaban J connectivity index is 1.98. The summed E-state index contributed by atoms with van der Waals surface area (Å²) >= 11 is 0. The van der Waals surface area contributed by atoms with E-state index in [2.05, 4.69) is 12.2 Å². The highest BCUT2D eigenvalue weighted by Crippen LogP contribution is 2.33. The predicted molar refractivity (Wildman–Crippen MR) is 66.9 cm³/mol. The van der Waals surface area contributed by atoms with Crippen LogP contribution in [0, 0.1) is 5.92 Å². The van der Waals surface area contributed by atoms with Gasteiger partial charge < -0.3 is 5.32 Å². The van der Waals surface area contributed by atoms with Crippen molar-refractivity contribution in [3.8, 4) is 0 Å². The number of carbonyl (C=O) groups is 1. The van der Waals surface area contributed by atoms with Crippen LogP contribution in [0.2, 0.25) is 0 Å². The van der Waals surface area contributed by atoms with Crippen molar-refractivity contribution in [2.75, 3.05) is 5.32 Å². The minimum atomic E-state index is 0.210. The molecule has 1 aromatic carbocycles. The molecule has 0 spiro atoms. The van der Waals surface area contributed by atoms with Gasteiger partial charge in [0, 0.05) is 23.7 Å². The molecular formula is C14H19NO. The minimum Gasteiger partial charge on any atom is -0.382 e. The second-order valence-corrected chi connectivity index (χ2v) is 4.62. The Morgan fingerprint density at radius 3 is 2.50 bits per heavy atom. The summed E-state index contributed by atoms with van der Waals surface area (Å²) in [5.74, 6) is 1.05. The van der Waals surface area contributed by atoms with E-state index >= 15 is 0 Å². The van der Waals surface area contributed by atoms with Crippen molar-refractivity contribution in [1.29, 1.82) is 0 Å². The van der Waals surface area contributed by atoms with E-state index in [0.29, 0.717) is 12.5 Å². The molecule has 1 fully saturated rings. The number of hydrogen-bond acceptors (Lipinski definition) is 2. The smallest absolute Gasteiger partial charge is 0.162 e. The maximum absolute atomic E-state index is 11.4. The fourth-order valence-corrected chi connectivity index (χ4v) is 1.93. The molecule has 0 amide bonds. The van der Waals surface area contributed by atoms with E-state index in [-0.39, 0.29) is 5.78 Å². The largest absolute Gasteiger partial charge is 0.382 e. The maximum atomic E-state index is 11.4. The third kappa shape index (κ3) is 2.63. The molecule has 2 heteroatoms. The molecule has 1 aromatic rings. The third-order valence-corrected chi connectivity index (χ3v) is 3.25. The molecule has 86 valence electrons. The highest BCUT2D eigenvalue weighted by atomic mass is 16.1. The summed E-state index contributed by atoms with van der Waals surface area (Å²) in [5.41, 5.74) is 1.93. The Kier molecular flexibility index (Phi) is 3.28. The molecule has 1 atom stereocenters. The molecule has 16 heavy (non-hydrogen) atoms. The van der Waals surface area contributed by atoms with Crippen LogP contribution in [0.1, 0.15) is 43.5 Å². The van der Waals surface area contributed by atoms with E-state index in [9.17, 15) is 4.79 Å². The van der Waals surface area contributed by atoms with E-state index in [1.54, 1.807) is 0 Å². The van der Waals surface area contributed by atoms with Crippen LogP contribution >= 0.6 is 0 Å². The third-order valence-electron chi connectivity index (χ3n) is 3.25. The monoisotopic (exact) mass is 217 g/mol. The lowest BCUT2D eigenvalue weighted by Crippen LogP contribution is -2.17. The Hall–Kier alpha value is -1.31. The van der Waals surface area contributed by atoms with E-state index < -0.39 is 0 Å². The summed E-state index contributed by atoms with van der Waals surface area (Å²) in [6, 6.07) is 8.37. The Bertz CT molecular complexity index is 365. The molecule has 0 bridgehead atoms. The summed E-state index contributed by atoms with van der Waals surface area (Å²) in [6.45, 7) is 4.12. The van der Waals surface area contributed by atoms with Gasteiger partial charge in [0.1, 0.15) is 0 Å². The van der Waals surface area contributed by atoms with E-state index in [1.165, 1.54) is 12.8 Å². The van der Waals surface area contributed by atoms with Gasteiger partial charge in [-0.05, 0) is 49.9 Å². The molecule has 0 saturated heterocycles. The number of rotatable bonds is 5. The van der Waals surface area contributed by atoms with Crippen molar-refractivity contribution in [1.82, 2.24) is 0 Å². The number of nitrogens with one attached hydrogen (secondary N) is 1. The fourth-order valence-electron chi connectivity index (χ4n) is 1.93. The molecule has 1 aliphatic rings. The standard InChI is InChI=1S/C14H19NO/c1-3-14(16)12-6-8-13(9-7-12)15-10(2)11-4-5-11/h6-11,15H,3-5H2,1-2H3. The average Bonchev–Trinajstić information content (AvgIpc) is 3.13. The van der Waals surface area contributed by atoms with Crippen molar-refractivity contribution in [2.45, 2.75) is 39.2 Å². The molecule has 0 radical (unpaired) electrons. The molecule has 1 N–H and O–H groups in total. The highest BCUT2D eigenvalue weighted by molar-refractivity contribution is 5.96. The quantitative estimate of drug-likeness (QED) is 0.765. The van der Waals surface area contributed by atoms with Crippen molar-refractivity contribution in [3.05, 3.63) is 29.8 Å². The normalized spacial score (nSPS) is 16.9. The predicted octanol–water partition coefficient (Wildman–Crippen LogP) is 3.49. The lowest BCUT2D eigenvalue weighted by Gasteiger charge is -2.14. The topological polar surface area (TPSA) is 29.1 Å².